The van der Waals surface area contributed by atoms with Crippen LogP contribution in [0.3, 0.4) is 0 Å². The van der Waals surface area contributed by atoms with Crippen LogP contribution in [-0.2, 0) is 6.42 Å². The zero-order valence-electron chi connectivity index (χ0n) is 7.77. The molecule has 0 saturated heterocycles. The van der Waals surface area contributed by atoms with E-state index in [2.05, 4.69) is 17.0 Å². The molecule has 14 heavy (non-hydrogen) atoms. The van der Waals surface area contributed by atoms with Gasteiger partial charge in [0.15, 0.2) is 0 Å². The number of rotatable bonds is 3. The van der Waals surface area contributed by atoms with Gasteiger partial charge in [0, 0.05) is 11.6 Å². The highest BCUT2D eigenvalue weighted by Gasteiger charge is 2.04. The summed E-state index contributed by atoms with van der Waals surface area (Å²) in [6.07, 6.45) is 6.06. The maximum absolute atomic E-state index is 5.74. The number of hydrogen-bond donors (Lipinski definition) is 0. The zero-order chi connectivity index (χ0) is 9.97. The summed E-state index contributed by atoms with van der Waals surface area (Å²) in [6.45, 7) is 2.15. The Balaban J connectivity index is 2.24. The molecule has 2 aromatic rings. The van der Waals surface area contributed by atoms with Crippen LogP contribution in [0.4, 0.5) is 0 Å². The number of nitrogens with zero attached hydrogens (tertiary/aromatic N) is 3. The van der Waals surface area contributed by atoms with E-state index >= 15 is 0 Å². The van der Waals surface area contributed by atoms with Crippen molar-refractivity contribution in [3.8, 4) is 5.13 Å². The number of aryl methyl sites for hydroxylation is 1. The normalized spacial score (nSPS) is 10.7. The van der Waals surface area contributed by atoms with Crippen molar-refractivity contribution in [2.75, 3.05) is 0 Å². The van der Waals surface area contributed by atoms with Crippen LogP contribution in [0, 0.1) is 0 Å². The Morgan fingerprint density at radius 3 is 3.07 bits per heavy atom. The van der Waals surface area contributed by atoms with Gasteiger partial charge in [-0.2, -0.15) is 5.10 Å². The van der Waals surface area contributed by atoms with E-state index in [1.807, 2.05) is 12.4 Å². The summed E-state index contributed by atoms with van der Waals surface area (Å²) in [5, 5.41) is 7.37. The third-order valence-corrected chi connectivity index (χ3v) is 2.99. The van der Waals surface area contributed by atoms with Gasteiger partial charge in [0.25, 0.3) is 0 Å². The van der Waals surface area contributed by atoms with Gasteiger partial charge in [-0.1, -0.05) is 24.9 Å². The van der Waals surface area contributed by atoms with Gasteiger partial charge in [-0.15, -0.1) is 11.3 Å². The maximum atomic E-state index is 5.74. The molecule has 0 bridgehead atoms. The molecule has 3 nitrogen and oxygen atoms in total. The van der Waals surface area contributed by atoms with Crippen molar-refractivity contribution in [1.82, 2.24) is 14.8 Å². The molecule has 0 aliphatic carbocycles. The predicted molar refractivity (Wildman–Crippen MR) is 58.2 cm³/mol. The molecule has 5 heteroatoms. The van der Waals surface area contributed by atoms with Crippen molar-refractivity contribution in [3.63, 3.8) is 0 Å². The first kappa shape index (κ1) is 9.68. The van der Waals surface area contributed by atoms with Crippen LogP contribution in [-0.4, -0.2) is 14.8 Å². The van der Waals surface area contributed by atoms with Crippen LogP contribution in [0.5, 0.6) is 0 Å². The van der Waals surface area contributed by atoms with Gasteiger partial charge in [-0.25, -0.2) is 9.67 Å². The lowest BCUT2D eigenvalue weighted by Gasteiger charge is -1.92. The molecule has 0 spiro atoms. The van der Waals surface area contributed by atoms with Crippen LogP contribution in [0.15, 0.2) is 17.8 Å². The first-order valence-electron chi connectivity index (χ1n) is 4.44. The van der Waals surface area contributed by atoms with E-state index in [9.17, 15) is 0 Å². The van der Waals surface area contributed by atoms with E-state index in [-0.39, 0.29) is 0 Å². The minimum absolute atomic E-state index is 0.526. The molecular formula is C9H10ClN3S. The second kappa shape index (κ2) is 4.11. The molecule has 0 unspecified atom stereocenters. The van der Waals surface area contributed by atoms with E-state index < -0.39 is 0 Å². The molecule has 2 heterocycles. The SMILES string of the molecule is CCCc1cnn(-c2nc(Cl)cs2)c1. The second-order valence-corrected chi connectivity index (χ2v) is 4.22. The molecule has 0 atom stereocenters. The Hall–Kier alpha value is -0.870. The van der Waals surface area contributed by atoms with Crippen molar-refractivity contribution in [2.45, 2.75) is 19.8 Å². The zero-order valence-corrected chi connectivity index (χ0v) is 9.35. The van der Waals surface area contributed by atoms with Crippen molar-refractivity contribution >= 4 is 22.9 Å². The lowest BCUT2D eigenvalue weighted by atomic mass is 10.2. The Morgan fingerprint density at radius 1 is 1.57 bits per heavy atom. The lowest BCUT2D eigenvalue weighted by Crippen LogP contribution is -1.92. The third-order valence-electron chi connectivity index (χ3n) is 1.83. The van der Waals surface area contributed by atoms with Crippen LogP contribution in [0.25, 0.3) is 5.13 Å². The summed E-state index contributed by atoms with van der Waals surface area (Å²) in [7, 11) is 0. The molecule has 0 saturated carbocycles. The van der Waals surface area contributed by atoms with Crippen molar-refractivity contribution in [2.24, 2.45) is 0 Å². The quantitative estimate of drug-likeness (QED) is 0.807. The summed E-state index contributed by atoms with van der Waals surface area (Å²) in [5.41, 5.74) is 1.24. The van der Waals surface area contributed by atoms with E-state index in [0.29, 0.717) is 5.15 Å². The van der Waals surface area contributed by atoms with Gasteiger partial charge in [0.2, 0.25) is 5.13 Å². The van der Waals surface area contributed by atoms with Gasteiger partial charge < -0.3 is 0 Å². The van der Waals surface area contributed by atoms with Crippen molar-refractivity contribution in [3.05, 3.63) is 28.5 Å². The highest BCUT2D eigenvalue weighted by atomic mass is 35.5. The average molecular weight is 228 g/mol. The first-order valence-corrected chi connectivity index (χ1v) is 5.70. The average Bonchev–Trinajstić information content (AvgIpc) is 2.74. The van der Waals surface area contributed by atoms with Gasteiger partial charge >= 0.3 is 0 Å². The molecular weight excluding hydrogens is 218 g/mol. The predicted octanol–water partition coefficient (Wildman–Crippen LogP) is 2.93. The Kier molecular flexibility index (Phi) is 2.84. The van der Waals surface area contributed by atoms with Crippen molar-refractivity contribution in [1.29, 1.82) is 0 Å². The Morgan fingerprint density at radius 2 is 2.43 bits per heavy atom. The largest absolute Gasteiger partial charge is 0.213 e. The molecule has 0 amide bonds. The number of halogens is 1. The highest BCUT2D eigenvalue weighted by molar-refractivity contribution is 7.12. The molecule has 74 valence electrons. The lowest BCUT2D eigenvalue weighted by molar-refractivity contribution is 0.867. The molecule has 0 radical (unpaired) electrons. The fourth-order valence-corrected chi connectivity index (χ4v) is 2.11. The topological polar surface area (TPSA) is 30.7 Å². The number of thiazole rings is 1. The monoisotopic (exact) mass is 227 g/mol. The summed E-state index contributed by atoms with van der Waals surface area (Å²) in [4.78, 5) is 4.14. The summed E-state index contributed by atoms with van der Waals surface area (Å²) in [6, 6.07) is 0. The number of aromatic nitrogens is 3. The molecule has 2 rings (SSSR count). The molecule has 0 aliphatic rings. The molecule has 0 fully saturated rings. The van der Waals surface area contributed by atoms with Crippen LogP contribution in [0.2, 0.25) is 5.15 Å². The van der Waals surface area contributed by atoms with Gasteiger partial charge in [0.1, 0.15) is 5.15 Å². The van der Waals surface area contributed by atoms with Crippen molar-refractivity contribution < 1.29 is 0 Å². The minimum atomic E-state index is 0.526. The fraction of sp³-hybridized carbons (Fsp3) is 0.333. The fourth-order valence-electron chi connectivity index (χ4n) is 1.23. The van der Waals surface area contributed by atoms with Crippen LogP contribution >= 0.6 is 22.9 Å². The third kappa shape index (κ3) is 1.96. The van der Waals surface area contributed by atoms with Gasteiger partial charge in [-0.3, -0.25) is 0 Å². The smallest absolute Gasteiger partial charge is 0.211 e. The van der Waals surface area contributed by atoms with E-state index in [1.165, 1.54) is 16.9 Å². The standard InChI is InChI=1S/C9H10ClN3S/c1-2-3-7-4-11-13(5-7)9-12-8(10)6-14-9/h4-6H,2-3H2,1H3. The molecule has 2 aromatic heterocycles. The minimum Gasteiger partial charge on any atom is -0.213 e. The first-order chi connectivity index (χ1) is 6.79. The molecule has 0 aliphatic heterocycles. The summed E-state index contributed by atoms with van der Waals surface area (Å²) >= 11 is 7.23. The maximum Gasteiger partial charge on any atom is 0.211 e. The Bertz CT molecular complexity index is 421. The second-order valence-electron chi connectivity index (χ2n) is 3.00. The van der Waals surface area contributed by atoms with E-state index in [1.54, 1.807) is 10.1 Å². The van der Waals surface area contributed by atoms with Crippen LogP contribution < -0.4 is 0 Å². The van der Waals surface area contributed by atoms with E-state index in [4.69, 9.17) is 11.6 Å². The van der Waals surface area contributed by atoms with Crippen LogP contribution in [0.1, 0.15) is 18.9 Å². The highest BCUT2D eigenvalue weighted by Crippen LogP contribution is 2.18. The molecule has 0 N–H and O–H groups in total. The van der Waals surface area contributed by atoms with Gasteiger partial charge in [0.05, 0.1) is 6.20 Å². The summed E-state index contributed by atoms with van der Waals surface area (Å²) in [5.74, 6) is 0. The Labute approximate surface area is 91.4 Å². The summed E-state index contributed by atoms with van der Waals surface area (Å²) < 4.78 is 1.77. The molecule has 0 aromatic carbocycles. The number of hydrogen-bond acceptors (Lipinski definition) is 3. The van der Waals surface area contributed by atoms with E-state index in [0.717, 1.165) is 18.0 Å². The van der Waals surface area contributed by atoms with Gasteiger partial charge in [-0.05, 0) is 12.0 Å².